The number of hydrogen-bond acceptors (Lipinski definition) is 3. The first-order valence-corrected chi connectivity index (χ1v) is 8.70. The van der Waals surface area contributed by atoms with Gasteiger partial charge in [-0.05, 0) is 30.7 Å². The third kappa shape index (κ3) is 3.57. The standard InChI is InChI=1S/C19H25NO3/c1-14(16-10-6-3-7-11-16)18(21)20-17(13-23-19(20)22)12-15-8-4-2-5-9-15/h2,4-5,8-9,14,16-17H,3,6-7,10-13H2,1H3. The molecule has 4 nitrogen and oxygen atoms in total. The summed E-state index contributed by atoms with van der Waals surface area (Å²) in [5.41, 5.74) is 1.12. The van der Waals surface area contributed by atoms with Gasteiger partial charge in [0.25, 0.3) is 0 Å². The van der Waals surface area contributed by atoms with Gasteiger partial charge >= 0.3 is 6.09 Å². The van der Waals surface area contributed by atoms with Gasteiger partial charge in [0.05, 0.1) is 6.04 Å². The van der Waals surface area contributed by atoms with E-state index in [0.717, 1.165) is 18.4 Å². The highest BCUT2D eigenvalue weighted by atomic mass is 16.6. The molecule has 0 radical (unpaired) electrons. The summed E-state index contributed by atoms with van der Waals surface area (Å²) in [5.74, 6) is 0.251. The van der Waals surface area contributed by atoms with Gasteiger partial charge in [0.1, 0.15) is 6.61 Å². The van der Waals surface area contributed by atoms with Crippen LogP contribution in [0.5, 0.6) is 0 Å². The molecule has 1 aromatic carbocycles. The monoisotopic (exact) mass is 315 g/mol. The Hall–Kier alpha value is -1.84. The highest BCUT2D eigenvalue weighted by Gasteiger charge is 2.41. The molecule has 2 fully saturated rings. The number of ether oxygens (including phenoxy) is 1. The fourth-order valence-corrected chi connectivity index (χ4v) is 3.82. The van der Waals surface area contributed by atoms with Crippen LogP contribution in [0.15, 0.2) is 30.3 Å². The van der Waals surface area contributed by atoms with E-state index in [4.69, 9.17) is 4.74 Å². The van der Waals surface area contributed by atoms with Crippen molar-refractivity contribution < 1.29 is 14.3 Å². The number of rotatable bonds is 4. The molecule has 0 aromatic heterocycles. The Morgan fingerprint density at radius 2 is 1.91 bits per heavy atom. The fraction of sp³-hybridized carbons (Fsp3) is 0.579. The van der Waals surface area contributed by atoms with Gasteiger partial charge in [-0.2, -0.15) is 0 Å². The van der Waals surface area contributed by atoms with E-state index in [0.29, 0.717) is 18.9 Å². The second kappa shape index (κ2) is 7.16. The number of nitrogens with zero attached hydrogens (tertiary/aromatic N) is 1. The lowest BCUT2D eigenvalue weighted by Crippen LogP contribution is -2.44. The van der Waals surface area contributed by atoms with E-state index in [9.17, 15) is 9.59 Å². The molecule has 1 aliphatic heterocycles. The van der Waals surface area contributed by atoms with Gasteiger partial charge in [0.15, 0.2) is 0 Å². The average Bonchev–Trinajstić information content (AvgIpc) is 2.95. The molecule has 3 rings (SSSR count). The Labute approximate surface area is 137 Å². The first-order chi connectivity index (χ1) is 11.2. The van der Waals surface area contributed by atoms with Crippen LogP contribution >= 0.6 is 0 Å². The van der Waals surface area contributed by atoms with E-state index in [1.54, 1.807) is 0 Å². The van der Waals surface area contributed by atoms with Gasteiger partial charge in [0, 0.05) is 5.92 Å². The molecular weight excluding hydrogens is 290 g/mol. The Morgan fingerprint density at radius 1 is 1.22 bits per heavy atom. The van der Waals surface area contributed by atoms with Crippen LogP contribution in [0.4, 0.5) is 4.79 Å². The smallest absolute Gasteiger partial charge is 0.416 e. The molecule has 0 spiro atoms. The van der Waals surface area contributed by atoms with Gasteiger partial charge in [-0.1, -0.05) is 56.5 Å². The van der Waals surface area contributed by atoms with Gasteiger partial charge in [-0.3, -0.25) is 4.79 Å². The van der Waals surface area contributed by atoms with Crippen LogP contribution in [0.3, 0.4) is 0 Å². The Balaban J connectivity index is 1.70. The molecule has 4 heteroatoms. The summed E-state index contributed by atoms with van der Waals surface area (Å²) < 4.78 is 5.18. The quantitative estimate of drug-likeness (QED) is 0.849. The van der Waals surface area contributed by atoms with Crippen molar-refractivity contribution in [2.75, 3.05) is 6.61 Å². The second-order valence-corrected chi connectivity index (χ2v) is 6.82. The summed E-state index contributed by atoms with van der Waals surface area (Å²) in [6, 6.07) is 9.79. The molecular formula is C19H25NO3. The zero-order chi connectivity index (χ0) is 16.2. The minimum absolute atomic E-state index is 0.0552. The predicted octanol–water partition coefficient (Wildman–Crippen LogP) is 3.79. The highest BCUT2D eigenvalue weighted by Crippen LogP contribution is 2.32. The van der Waals surface area contributed by atoms with E-state index in [2.05, 4.69) is 0 Å². The number of amides is 2. The summed E-state index contributed by atoms with van der Waals surface area (Å²) in [5, 5.41) is 0. The van der Waals surface area contributed by atoms with Crippen molar-refractivity contribution >= 4 is 12.0 Å². The average molecular weight is 315 g/mol. The number of cyclic esters (lactones) is 1. The largest absolute Gasteiger partial charge is 0.447 e. The second-order valence-electron chi connectivity index (χ2n) is 6.82. The summed E-state index contributed by atoms with van der Waals surface area (Å²) in [4.78, 5) is 26.3. The SMILES string of the molecule is CC(C(=O)N1C(=O)OCC1Cc1ccccc1)C1CCCCC1. The Morgan fingerprint density at radius 3 is 2.61 bits per heavy atom. The molecule has 23 heavy (non-hydrogen) atoms. The van der Waals surface area contributed by atoms with Gasteiger partial charge < -0.3 is 4.74 Å². The first-order valence-electron chi connectivity index (χ1n) is 8.70. The first kappa shape index (κ1) is 16.0. The van der Waals surface area contributed by atoms with Crippen molar-refractivity contribution in [1.29, 1.82) is 0 Å². The summed E-state index contributed by atoms with van der Waals surface area (Å²) >= 11 is 0. The zero-order valence-electron chi connectivity index (χ0n) is 13.7. The van der Waals surface area contributed by atoms with E-state index in [1.807, 2.05) is 37.3 Å². The highest BCUT2D eigenvalue weighted by molar-refractivity contribution is 5.94. The minimum Gasteiger partial charge on any atom is -0.447 e. The number of hydrogen-bond donors (Lipinski definition) is 0. The maximum absolute atomic E-state index is 12.9. The Bertz CT molecular complexity index is 551. The molecule has 1 saturated carbocycles. The van der Waals surface area contributed by atoms with Gasteiger partial charge in [-0.15, -0.1) is 0 Å². The zero-order valence-corrected chi connectivity index (χ0v) is 13.7. The minimum atomic E-state index is -0.474. The molecule has 2 amide bonds. The fourth-order valence-electron chi connectivity index (χ4n) is 3.82. The molecule has 1 aliphatic carbocycles. The van der Waals surface area contributed by atoms with E-state index in [-0.39, 0.29) is 17.9 Å². The van der Waals surface area contributed by atoms with Crippen LogP contribution in [0, 0.1) is 11.8 Å². The van der Waals surface area contributed by atoms with Crippen LogP contribution in [0.1, 0.15) is 44.6 Å². The van der Waals surface area contributed by atoms with Crippen LogP contribution in [-0.4, -0.2) is 29.5 Å². The number of imide groups is 1. The van der Waals surface area contributed by atoms with Crippen LogP contribution in [0.25, 0.3) is 0 Å². The lowest BCUT2D eigenvalue weighted by molar-refractivity contribution is -0.135. The van der Waals surface area contributed by atoms with E-state index < -0.39 is 6.09 Å². The van der Waals surface area contributed by atoms with Crippen LogP contribution in [-0.2, 0) is 16.0 Å². The molecule has 1 heterocycles. The lowest BCUT2D eigenvalue weighted by Gasteiger charge is -2.30. The Kier molecular flexibility index (Phi) is 4.99. The van der Waals surface area contributed by atoms with Gasteiger partial charge in [0.2, 0.25) is 5.91 Å². The number of carbonyl (C=O) groups is 2. The third-order valence-corrected chi connectivity index (χ3v) is 5.26. The van der Waals surface area contributed by atoms with Crippen molar-refractivity contribution in [2.24, 2.45) is 11.8 Å². The third-order valence-electron chi connectivity index (χ3n) is 5.26. The molecule has 1 saturated heterocycles. The maximum atomic E-state index is 12.9. The van der Waals surface area contributed by atoms with Crippen molar-refractivity contribution in [3.05, 3.63) is 35.9 Å². The van der Waals surface area contributed by atoms with Crippen molar-refractivity contribution in [3.63, 3.8) is 0 Å². The summed E-state index contributed by atoms with van der Waals surface area (Å²) in [6.07, 6.45) is 6.03. The molecule has 2 atom stereocenters. The van der Waals surface area contributed by atoms with E-state index >= 15 is 0 Å². The normalized spacial score (nSPS) is 23.6. The molecule has 124 valence electrons. The maximum Gasteiger partial charge on any atom is 0.416 e. The van der Waals surface area contributed by atoms with Crippen LogP contribution < -0.4 is 0 Å². The molecule has 0 N–H and O–H groups in total. The predicted molar refractivity (Wildman–Crippen MR) is 87.9 cm³/mol. The summed E-state index contributed by atoms with van der Waals surface area (Å²) in [6.45, 7) is 2.28. The number of carbonyl (C=O) groups excluding carboxylic acids is 2. The van der Waals surface area contributed by atoms with Crippen molar-refractivity contribution in [3.8, 4) is 0 Å². The molecule has 0 bridgehead atoms. The molecule has 2 unspecified atom stereocenters. The summed E-state index contributed by atoms with van der Waals surface area (Å²) in [7, 11) is 0. The van der Waals surface area contributed by atoms with Gasteiger partial charge in [-0.25, -0.2) is 9.69 Å². The number of benzene rings is 1. The molecule has 2 aliphatic rings. The lowest BCUT2D eigenvalue weighted by atomic mass is 9.80. The van der Waals surface area contributed by atoms with Crippen molar-refractivity contribution in [1.82, 2.24) is 4.90 Å². The van der Waals surface area contributed by atoms with Crippen LogP contribution in [0.2, 0.25) is 0 Å². The topological polar surface area (TPSA) is 46.6 Å². The molecule has 1 aromatic rings. The van der Waals surface area contributed by atoms with E-state index in [1.165, 1.54) is 24.2 Å². The van der Waals surface area contributed by atoms with Crippen molar-refractivity contribution in [2.45, 2.75) is 51.5 Å².